The van der Waals surface area contributed by atoms with Crippen LogP contribution in [0.3, 0.4) is 0 Å². The number of rotatable bonds is 6. The molecule has 8 nitrogen and oxygen atoms in total. The second-order valence-corrected chi connectivity index (χ2v) is 14.1. The predicted octanol–water partition coefficient (Wildman–Crippen LogP) is 4.22. The molecule has 11 heteroatoms. The summed E-state index contributed by atoms with van der Waals surface area (Å²) in [6, 6.07) is 8.08. The average molecular weight is 569 g/mol. The molecule has 2 aliphatic carbocycles. The van der Waals surface area contributed by atoms with Crippen LogP contribution in [0.25, 0.3) is 5.70 Å². The summed E-state index contributed by atoms with van der Waals surface area (Å²) in [5, 5.41) is 3.56. The predicted molar refractivity (Wildman–Crippen MR) is 152 cm³/mol. The van der Waals surface area contributed by atoms with Crippen LogP contribution < -0.4 is 15.9 Å². The van der Waals surface area contributed by atoms with E-state index in [4.69, 9.17) is 4.98 Å². The number of anilines is 1. The van der Waals surface area contributed by atoms with Gasteiger partial charge in [0.05, 0.1) is 28.1 Å². The Kier molecular flexibility index (Phi) is 6.03. The first-order chi connectivity index (χ1) is 18.8. The van der Waals surface area contributed by atoms with E-state index in [1.807, 2.05) is 18.0 Å². The van der Waals surface area contributed by atoms with Gasteiger partial charge in [-0.15, -0.1) is 0 Å². The lowest BCUT2D eigenvalue weighted by atomic mass is 9.65. The molecule has 1 aromatic carbocycles. The number of nitrogens with one attached hydrogen (secondary N) is 2. The van der Waals surface area contributed by atoms with Crippen LogP contribution in [-0.2, 0) is 15.3 Å². The normalized spacial score (nSPS) is 25.0. The largest absolute Gasteiger partial charge is 0.301 e. The quantitative estimate of drug-likeness (QED) is 0.540. The monoisotopic (exact) mass is 568 g/mol. The fourth-order valence-corrected chi connectivity index (χ4v) is 7.64. The number of fused-ring (bicyclic) bond motifs is 4. The molecule has 2 N–H and O–H groups in total. The highest BCUT2D eigenvalue weighted by Gasteiger charge is 2.65. The lowest BCUT2D eigenvalue weighted by Gasteiger charge is -2.43. The molecule has 40 heavy (non-hydrogen) atoms. The van der Waals surface area contributed by atoms with Crippen LogP contribution in [-0.4, -0.2) is 50.0 Å². The Morgan fingerprint density at radius 2 is 1.85 bits per heavy atom. The van der Waals surface area contributed by atoms with Crippen LogP contribution in [0.15, 0.2) is 52.7 Å². The summed E-state index contributed by atoms with van der Waals surface area (Å²) < 4.78 is 52.8. The van der Waals surface area contributed by atoms with Gasteiger partial charge in [-0.05, 0) is 66.5 Å². The van der Waals surface area contributed by atoms with Crippen molar-refractivity contribution in [3.63, 3.8) is 0 Å². The summed E-state index contributed by atoms with van der Waals surface area (Å²) in [5.74, 6) is 0.392. The molecule has 2 aliphatic heterocycles. The minimum Gasteiger partial charge on any atom is -0.301 e. The van der Waals surface area contributed by atoms with Gasteiger partial charge in [-0.25, -0.2) is 32.2 Å². The molecule has 1 saturated carbocycles. The summed E-state index contributed by atoms with van der Waals surface area (Å²) in [4.78, 5) is 9.70. The number of aliphatic imine (C=N–C) groups is 1. The van der Waals surface area contributed by atoms with E-state index in [1.54, 1.807) is 12.1 Å². The molecule has 2 aromatic rings. The van der Waals surface area contributed by atoms with Crippen LogP contribution in [0.5, 0.6) is 0 Å². The van der Waals surface area contributed by atoms with Gasteiger partial charge in [0, 0.05) is 25.4 Å². The third-order valence-electron chi connectivity index (χ3n) is 9.16. The van der Waals surface area contributed by atoms with Crippen LogP contribution in [0, 0.1) is 29.9 Å². The van der Waals surface area contributed by atoms with Crippen molar-refractivity contribution >= 4 is 27.2 Å². The number of hydrogen-bond acceptors (Lipinski definition) is 8. The highest BCUT2D eigenvalue weighted by molar-refractivity contribution is 7.90. The van der Waals surface area contributed by atoms with Gasteiger partial charge in [-0.1, -0.05) is 26.0 Å². The number of hydrogen-bond donors (Lipinski definition) is 2. The second-order valence-electron chi connectivity index (χ2n) is 11.8. The molecule has 0 radical (unpaired) electrons. The Morgan fingerprint density at radius 1 is 1.12 bits per heavy atom. The molecule has 0 saturated heterocycles. The molecular formula is C29H34F2N6O2S. The zero-order valence-corrected chi connectivity index (χ0v) is 24.2. The maximum Gasteiger partial charge on any atom is 0.152 e. The lowest BCUT2D eigenvalue weighted by molar-refractivity contribution is 0.205. The molecule has 3 heterocycles. The molecule has 212 valence electrons. The van der Waals surface area contributed by atoms with Gasteiger partial charge >= 0.3 is 0 Å². The molecule has 2 bridgehead atoms. The van der Waals surface area contributed by atoms with Crippen molar-refractivity contribution in [3.05, 3.63) is 76.1 Å². The maximum atomic E-state index is 14.8. The van der Waals surface area contributed by atoms with Gasteiger partial charge in [0.2, 0.25) is 0 Å². The van der Waals surface area contributed by atoms with Gasteiger partial charge in [0.25, 0.3) is 0 Å². The van der Waals surface area contributed by atoms with Gasteiger partial charge in [-0.3, -0.25) is 10.4 Å². The lowest BCUT2D eigenvalue weighted by Crippen LogP contribution is -2.47. The van der Waals surface area contributed by atoms with E-state index in [1.165, 1.54) is 24.5 Å². The number of sulfone groups is 1. The topological polar surface area (TPSA) is 89.9 Å². The molecular weight excluding hydrogens is 534 g/mol. The highest BCUT2D eigenvalue weighted by Crippen LogP contribution is 2.68. The minimum atomic E-state index is -3.10. The van der Waals surface area contributed by atoms with E-state index in [0.717, 1.165) is 41.2 Å². The molecule has 0 unspecified atom stereocenters. The summed E-state index contributed by atoms with van der Waals surface area (Å²) >= 11 is 0. The molecule has 0 spiro atoms. The van der Waals surface area contributed by atoms with Crippen molar-refractivity contribution in [1.82, 2.24) is 20.8 Å². The Balaban J connectivity index is 1.39. The Bertz CT molecular complexity index is 1600. The number of nitrogens with zero attached hydrogens (tertiary/aromatic N) is 4. The fourth-order valence-electron chi connectivity index (χ4n) is 7.08. The maximum absolute atomic E-state index is 14.8. The number of allylic oxidation sites excluding steroid dienone is 3. The standard InChI is InChI=1S/C29H34F2N6O2S/c1-17-9-10-23(33-27(17)37-16-32-24(34-37)12-14-40(5,38)39)29-13-11-19(28(29,2)3)18-15-22(36(4)35-26(18)29)25-20(30)7-6-8-21(25)31/h6-10,15,19,35H,11-14,16H2,1-5H3,(H,32,34)/t19-,29-/m0/s1. The smallest absolute Gasteiger partial charge is 0.152 e. The fraction of sp³-hybridized carbons (Fsp3) is 0.448. The van der Waals surface area contributed by atoms with Gasteiger partial charge in [0.1, 0.15) is 34.0 Å². The Hall–Kier alpha value is -3.47. The number of pyridine rings is 1. The van der Waals surface area contributed by atoms with Crippen molar-refractivity contribution in [3.8, 4) is 0 Å². The number of hydrazine groups is 2. The average Bonchev–Trinajstić information content (AvgIpc) is 3.50. The number of halogens is 2. The third kappa shape index (κ3) is 3.92. The van der Waals surface area contributed by atoms with Crippen LogP contribution in [0.2, 0.25) is 0 Å². The summed E-state index contributed by atoms with van der Waals surface area (Å²) in [6.07, 6.45) is 5.31. The SMILES string of the molecule is Cc1ccc([C@@]23CC[C@@H](C4=C2NN(C)C(c2c(F)cccc2F)=C4)C3(C)C)nc1N1CN=C(CCS(C)(=O)=O)N1. The van der Waals surface area contributed by atoms with E-state index < -0.39 is 26.9 Å². The minimum absolute atomic E-state index is 0.0280. The Labute approximate surface area is 233 Å². The van der Waals surface area contributed by atoms with E-state index in [-0.39, 0.29) is 22.6 Å². The first-order valence-corrected chi connectivity index (χ1v) is 15.5. The highest BCUT2D eigenvalue weighted by atomic mass is 32.2. The Morgan fingerprint density at radius 3 is 2.55 bits per heavy atom. The number of amidine groups is 1. The molecule has 1 fully saturated rings. The van der Waals surface area contributed by atoms with Gasteiger partial charge < -0.3 is 5.43 Å². The summed E-state index contributed by atoms with van der Waals surface area (Å²) in [6.45, 7) is 6.84. The number of aromatic nitrogens is 1. The van der Waals surface area contributed by atoms with E-state index in [9.17, 15) is 17.2 Å². The van der Waals surface area contributed by atoms with Crippen molar-refractivity contribution in [1.29, 1.82) is 0 Å². The molecule has 0 amide bonds. The zero-order valence-electron chi connectivity index (χ0n) is 23.3. The molecule has 4 aliphatic rings. The van der Waals surface area contributed by atoms with Crippen molar-refractivity contribution in [2.75, 3.05) is 30.7 Å². The van der Waals surface area contributed by atoms with Crippen LogP contribution in [0.1, 0.15) is 49.9 Å². The molecule has 2 atom stereocenters. The van der Waals surface area contributed by atoms with Crippen LogP contribution >= 0.6 is 0 Å². The van der Waals surface area contributed by atoms with Crippen molar-refractivity contribution < 1.29 is 17.2 Å². The van der Waals surface area contributed by atoms with E-state index in [0.29, 0.717) is 24.6 Å². The molecule has 6 rings (SSSR count). The second kappa shape index (κ2) is 9.02. The van der Waals surface area contributed by atoms with Crippen LogP contribution in [0.4, 0.5) is 14.6 Å². The number of aryl methyl sites for hydroxylation is 1. The van der Waals surface area contributed by atoms with Gasteiger partial charge in [-0.2, -0.15) is 0 Å². The third-order valence-corrected chi connectivity index (χ3v) is 10.1. The van der Waals surface area contributed by atoms with Crippen molar-refractivity contribution in [2.45, 2.75) is 45.4 Å². The summed E-state index contributed by atoms with van der Waals surface area (Å²) in [7, 11) is -1.32. The van der Waals surface area contributed by atoms with Crippen molar-refractivity contribution in [2.24, 2.45) is 16.3 Å². The van der Waals surface area contributed by atoms with Gasteiger partial charge in [0.15, 0.2) is 5.82 Å². The first-order valence-electron chi connectivity index (χ1n) is 13.5. The number of benzene rings is 1. The summed E-state index contributed by atoms with van der Waals surface area (Å²) in [5.41, 5.74) is 10.5. The van der Waals surface area contributed by atoms with E-state index in [2.05, 4.69) is 41.8 Å². The molecule has 1 aromatic heterocycles. The van der Waals surface area contributed by atoms with E-state index >= 15 is 0 Å². The zero-order chi connectivity index (χ0) is 28.6. The first kappa shape index (κ1) is 26.7.